The number of ether oxygens (including phenoxy) is 2. The molecular formula is C19H17NO5S. The van der Waals surface area contributed by atoms with Gasteiger partial charge in [0.25, 0.3) is 0 Å². The van der Waals surface area contributed by atoms with Crippen molar-refractivity contribution < 1.29 is 23.6 Å². The summed E-state index contributed by atoms with van der Waals surface area (Å²) in [7, 11) is 0. The van der Waals surface area contributed by atoms with Gasteiger partial charge in [-0.25, -0.2) is 0 Å². The maximum atomic E-state index is 11.8. The number of hydrogen-bond donors (Lipinski definition) is 0. The average Bonchev–Trinajstić information content (AvgIpc) is 3.32. The Balaban J connectivity index is 1.40. The third kappa shape index (κ3) is 4.80. The van der Waals surface area contributed by atoms with Crippen molar-refractivity contribution >= 4 is 23.1 Å². The van der Waals surface area contributed by atoms with Crippen molar-refractivity contribution in [1.82, 2.24) is 5.16 Å². The number of carbonyl (C=O) groups excluding carboxylic acids is 2. The highest BCUT2D eigenvalue weighted by Gasteiger charge is 2.10. The lowest BCUT2D eigenvalue weighted by molar-refractivity contribution is -0.145. The van der Waals surface area contributed by atoms with E-state index in [4.69, 9.17) is 14.0 Å². The van der Waals surface area contributed by atoms with E-state index in [9.17, 15) is 9.59 Å². The van der Waals surface area contributed by atoms with Gasteiger partial charge in [-0.15, -0.1) is 11.3 Å². The number of carbonyl (C=O) groups is 2. The van der Waals surface area contributed by atoms with Crippen LogP contribution in [0, 0.1) is 0 Å². The first-order valence-electron chi connectivity index (χ1n) is 8.01. The van der Waals surface area contributed by atoms with Crippen molar-refractivity contribution in [3.8, 4) is 16.4 Å². The fraction of sp³-hybridized carbons (Fsp3) is 0.211. The van der Waals surface area contributed by atoms with E-state index >= 15 is 0 Å². The molecule has 0 saturated heterocycles. The molecule has 7 heteroatoms. The van der Waals surface area contributed by atoms with Gasteiger partial charge >= 0.3 is 5.97 Å². The van der Waals surface area contributed by atoms with E-state index in [2.05, 4.69) is 5.16 Å². The molecule has 3 aromatic rings. The van der Waals surface area contributed by atoms with E-state index < -0.39 is 0 Å². The number of aromatic nitrogens is 1. The second-order valence-corrected chi connectivity index (χ2v) is 6.45. The quantitative estimate of drug-likeness (QED) is 0.438. The molecule has 134 valence electrons. The zero-order chi connectivity index (χ0) is 18.4. The molecule has 0 aliphatic rings. The van der Waals surface area contributed by atoms with Crippen LogP contribution >= 0.6 is 11.3 Å². The van der Waals surface area contributed by atoms with Crippen LogP contribution in [0.5, 0.6) is 5.75 Å². The summed E-state index contributed by atoms with van der Waals surface area (Å²) in [6, 6.07) is 12.4. The number of rotatable bonds is 8. The normalized spacial score (nSPS) is 10.5. The highest BCUT2D eigenvalue weighted by atomic mass is 32.1. The molecule has 0 aliphatic heterocycles. The van der Waals surface area contributed by atoms with Gasteiger partial charge < -0.3 is 14.0 Å². The van der Waals surface area contributed by atoms with E-state index in [1.54, 1.807) is 41.7 Å². The van der Waals surface area contributed by atoms with Gasteiger partial charge in [0.1, 0.15) is 18.1 Å². The molecule has 0 radical (unpaired) electrons. The molecule has 1 aromatic carbocycles. The first kappa shape index (κ1) is 17.9. The Kier molecular flexibility index (Phi) is 5.80. The van der Waals surface area contributed by atoms with Gasteiger partial charge in [0, 0.05) is 11.6 Å². The predicted octanol–water partition coefficient (Wildman–Crippen LogP) is 4.12. The number of nitrogens with zero attached hydrogens (tertiary/aromatic N) is 1. The SMILES string of the molecule is CC(=O)c1ccc(OCCC(=O)OCc2cc(-c3cccs3)on2)cc1. The molecule has 0 spiro atoms. The highest BCUT2D eigenvalue weighted by Crippen LogP contribution is 2.25. The molecule has 0 fully saturated rings. The van der Waals surface area contributed by atoms with Crippen LogP contribution in [0.4, 0.5) is 0 Å². The second kappa shape index (κ2) is 8.44. The molecule has 6 nitrogen and oxygen atoms in total. The smallest absolute Gasteiger partial charge is 0.309 e. The zero-order valence-electron chi connectivity index (χ0n) is 14.1. The van der Waals surface area contributed by atoms with Gasteiger partial charge in [0.05, 0.1) is 17.9 Å². The Morgan fingerprint density at radius 1 is 1.19 bits per heavy atom. The standard InChI is InChI=1S/C19H17NO5S/c1-13(21)14-4-6-16(7-5-14)23-9-8-19(22)24-12-15-11-17(25-20-15)18-3-2-10-26-18/h2-7,10-11H,8-9,12H2,1H3. The van der Waals surface area contributed by atoms with E-state index in [0.29, 0.717) is 22.8 Å². The van der Waals surface area contributed by atoms with Crippen LogP contribution in [0.1, 0.15) is 29.4 Å². The summed E-state index contributed by atoms with van der Waals surface area (Å²) in [6.07, 6.45) is 0.115. The van der Waals surface area contributed by atoms with Crippen LogP contribution in [0.25, 0.3) is 10.6 Å². The van der Waals surface area contributed by atoms with Gasteiger partial charge in [-0.3, -0.25) is 9.59 Å². The Morgan fingerprint density at radius 3 is 2.69 bits per heavy atom. The molecule has 0 amide bonds. The van der Waals surface area contributed by atoms with Gasteiger partial charge in [-0.05, 0) is 42.6 Å². The van der Waals surface area contributed by atoms with Gasteiger partial charge in [0.15, 0.2) is 11.5 Å². The molecule has 0 saturated carbocycles. The lowest BCUT2D eigenvalue weighted by Crippen LogP contribution is -2.10. The summed E-state index contributed by atoms with van der Waals surface area (Å²) < 4.78 is 15.9. The van der Waals surface area contributed by atoms with Crippen LogP contribution in [0.2, 0.25) is 0 Å². The Morgan fingerprint density at radius 2 is 2.00 bits per heavy atom. The van der Waals surface area contributed by atoms with Crippen molar-refractivity contribution in [2.45, 2.75) is 20.0 Å². The molecular weight excluding hydrogens is 354 g/mol. The number of benzene rings is 1. The van der Waals surface area contributed by atoms with E-state index in [1.165, 1.54) is 6.92 Å². The van der Waals surface area contributed by atoms with E-state index in [1.807, 2.05) is 17.5 Å². The third-order valence-electron chi connectivity index (χ3n) is 3.54. The van der Waals surface area contributed by atoms with Crippen LogP contribution in [0.15, 0.2) is 52.4 Å². The third-order valence-corrected chi connectivity index (χ3v) is 4.42. The molecule has 0 aliphatic carbocycles. The lowest BCUT2D eigenvalue weighted by atomic mass is 10.1. The first-order chi connectivity index (χ1) is 12.6. The van der Waals surface area contributed by atoms with Crippen LogP contribution in [-0.2, 0) is 16.1 Å². The largest absolute Gasteiger partial charge is 0.493 e. The molecule has 0 atom stereocenters. The maximum absolute atomic E-state index is 11.8. The van der Waals surface area contributed by atoms with Crippen molar-refractivity contribution in [2.75, 3.05) is 6.61 Å². The minimum Gasteiger partial charge on any atom is -0.493 e. The fourth-order valence-electron chi connectivity index (χ4n) is 2.18. The molecule has 26 heavy (non-hydrogen) atoms. The minimum absolute atomic E-state index is 0.00443. The van der Waals surface area contributed by atoms with Gasteiger partial charge in [-0.2, -0.15) is 0 Å². The van der Waals surface area contributed by atoms with Crippen molar-refractivity contribution in [1.29, 1.82) is 0 Å². The Labute approximate surface area is 154 Å². The second-order valence-electron chi connectivity index (χ2n) is 5.50. The maximum Gasteiger partial charge on any atom is 0.309 e. The molecule has 0 bridgehead atoms. The summed E-state index contributed by atoms with van der Waals surface area (Å²) >= 11 is 1.55. The number of thiophene rings is 1. The van der Waals surface area contributed by atoms with Crippen molar-refractivity contribution in [3.05, 3.63) is 59.1 Å². The summed E-state index contributed by atoms with van der Waals surface area (Å²) in [5.41, 5.74) is 1.17. The van der Waals surface area contributed by atoms with E-state index in [0.717, 1.165) is 4.88 Å². The zero-order valence-corrected chi connectivity index (χ0v) is 15.0. The minimum atomic E-state index is -0.383. The molecule has 0 unspecified atom stereocenters. The lowest BCUT2D eigenvalue weighted by Gasteiger charge is -2.06. The van der Waals surface area contributed by atoms with Crippen molar-refractivity contribution in [2.24, 2.45) is 0 Å². The monoisotopic (exact) mass is 371 g/mol. The Hall–Kier alpha value is -2.93. The summed E-state index contributed by atoms with van der Waals surface area (Å²) in [6.45, 7) is 1.75. The van der Waals surface area contributed by atoms with Gasteiger partial charge in [0.2, 0.25) is 0 Å². The van der Waals surface area contributed by atoms with Crippen LogP contribution in [-0.4, -0.2) is 23.5 Å². The Bertz CT molecular complexity index is 868. The highest BCUT2D eigenvalue weighted by molar-refractivity contribution is 7.13. The predicted molar refractivity (Wildman–Crippen MR) is 96.2 cm³/mol. The molecule has 2 heterocycles. The molecule has 2 aromatic heterocycles. The summed E-state index contributed by atoms with van der Waals surface area (Å²) in [5, 5.41) is 5.84. The molecule has 0 N–H and O–H groups in total. The average molecular weight is 371 g/mol. The van der Waals surface area contributed by atoms with E-state index in [-0.39, 0.29) is 31.4 Å². The number of esters is 1. The van der Waals surface area contributed by atoms with Crippen LogP contribution in [0.3, 0.4) is 0 Å². The molecule has 3 rings (SSSR count). The van der Waals surface area contributed by atoms with Crippen molar-refractivity contribution in [3.63, 3.8) is 0 Å². The number of Topliss-reactive ketones (excluding diaryl/α,β-unsaturated/α-hetero) is 1. The topological polar surface area (TPSA) is 78.6 Å². The van der Waals surface area contributed by atoms with Crippen LogP contribution < -0.4 is 4.74 Å². The number of hydrogen-bond acceptors (Lipinski definition) is 7. The fourth-order valence-corrected chi connectivity index (χ4v) is 2.85. The summed E-state index contributed by atoms with van der Waals surface area (Å²) in [5.74, 6) is 0.865. The summed E-state index contributed by atoms with van der Waals surface area (Å²) in [4.78, 5) is 24.0. The van der Waals surface area contributed by atoms with Gasteiger partial charge in [-0.1, -0.05) is 11.2 Å². The number of ketones is 1. The first-order valence-corrected chi connectivity index (χ1v) is 8.88.